The van der Waals surface area contributed by atoms with E-state index in [1.165, 1.54) is 11.6 Å². The Morgan fingerprint density at radius 2 is 1.92 bits per heavy atom. The van der Waals surface area contributed by atoms with Crippen LogP contribution in [0.1, 0.15) is 19.4 Å². The molecule has 0 spiro atoms. The van der Waals surface area contributed by atoms with Crippen molar-refractivity contribution in [3.05, 3.63) is 56.0 Å². The first kappa shape index (κ1) is 17.3. The molecule has 2 heterocycles. The zero-order valence-corrected chi connectivity index (χ0v) is 15.2. The van der Waals surface area contributed by atoms with Gasteiger partial charge in [-0.05, 0) is 43.1 Å². The third-order valence-corrected chi connectivity index (χ3v) is 4.20. The van der Waals surface area contributed by atoms with Gasteiger partial charge in [-0.15, -0.1) is 0 Å². The number of nitrogens with zero attached hydrogens (tertiary/aromatic N) is 4. The van der Waals surface area contributed by atoms with Crippen LogP contribution in [0.4, 0.5) is 0 Å². The molecular weight excluding hydrogens is 344 g/mol. The number of hydrogen-bond acceptors (Lipinski definition) is 4. The summed E-state index contributed by atoms with van der Waals surface area (Å²) in [6.07, 6.45) is 0.0646. The van der Waals surface area contributed by atoms with Crippen molar-refractivity contribution in [1.29, 1.82) is 0 Å². The first-order valence-electron chi connectivity index (χ1n) is 7.87. The highest BCUT2D eigenvalue weighted by Gasteiger charge is 2.18. The topological polar surface area (TPSA) is 71.1 Å². The van der Waals surface area contributed by atoms with Crippen molar-refractivity contribution in [3.63, 3.8) is 0 Å². The molecule has 0 saturated heterocycles. The summed E-state index contributed by atoms with van der Waals surface area (Å²) < 4.78 is 9.67. The molecule has 0 N–H and O–H groups in total. The Hall–Kier alpha value is -2.54. The van der Waals surface area contributed by atoms with E-state index in [2.05, 4.69) is 4.98 Å². The van der Waals surface area contributed by atoms with Gasteiger partial charge in [0.15, 0.2) is 11.2 Å². The lowest BCUT2D eigenvalue weighted by molar-refractivity contribution is 0.242. The molecule has 3 aromatic rings. The monoisotopic (exact) mass is 362 g/mol. The predicted molar refractivity (Wildman–Crippen MR) is 96.5 cm³/mol. The van der Waals surface area contributed by atoms with Gasteiger partial charge < -0.3 is 9.30 Å². The predicted octanol–water partition coefficient (Wildman–Crippen LogP) is 1.92. The Balaban J connectivity index is 2.13. The summed E-state index contributed by atoms with van der Waals surface area (Å²) in [4.78, 5) is 28.8. The summed E-state index contributed by atoms with van der Waals surface area (Å²) in [5.41, 5.74) is 0.617. The first-order chi connectivity index (χ1) is 11.8. The van der Waals surface area contributed by atoms with Gasteiger partial charge in [0.25, 0.3) is 5.56 Å². The number of rotatable bonds is 4. The Bertz CT molecular complexity index is 1060. The molecule has 0 amide bonds. The second-order valence-corrected chi connectivity index (χ2v) is 6.50. The van der Waals surface area contributed by atoms with Crippen LogP contribution >= 0.6 is 11.6 Å². The number of hydrogen-bond donors (Lipinski definition) is 0. The molecule has 0 fully saturated rings. The van der Waals surface area contributed by atoms with E-state index in [-0.39, 0.29) is 17.0 Å². The minimum absolute atomic E-state index is 0.0646. The van der Waals surface area contributed by atoms with Gasteiger partial charge in [-0.3, -0.25) is 13.9 Å². The van der Waals surface area contributed by atoms with E-state index in [9.17, 15) is 9.59 Å². The van der Waals surface area contributed by atoms with E-state index in [1.807, 2.05) is 38.1 Å². The molecule has 8 heteroatoms. The highest BCUT2D eigenvalue weighted by Crippen LogP contribution is 2.20. The lowest BCUT2D eigenvalue weighted by Crippen LogP contribution is -2.37. The fourth-order valence-electron chi connectivity index (χ4n) is 2.74. The van der Waals surface area contributed by atoms with E-state index in [1.54, 1.807) is 11.6 Å². The molecule has 132 valence electrons. The van der Waals surface area contributed by atoms with Gasteiger partial charge in [-0.25, -0.2) is 4.79 Å². The van der Waals surface area contributed by atoms with Crippen LogP contribution in [0.5, 0.6) is 5.75 Å². The number of aromatic nitrogens is 4. The minimum Gasteiger partial charge on any atom is -0.491 e. The van der Waals surface area contributed by atoms with Gasteiger partial charge >= 0.3 is 5.69 Å². The fourth-order valence-corrected chi connectivity index (χ4v) is 2.96. The molecule has 1 aromatic carbocycles. The number of fused-ring (bicyclic) bond motifs is 1. The average Bonchev–Trinajstić information content (AvgIpc) is 2.87. The number of aryl methyl sites for hydroxylation is 1. The number of imidazole rings is 1. The summed E-state index contributed by atoms with van der Waals surface area (Å²) in [6, 6.07) is 7.57. The quantitative estimate of drug-likeness (QED) is 0.665. The largest absolute Gasteiger partial charge is 0.491 e. The third kappa shape index (κ3) is 3.07. The Morgan fingerprint density at radius 1 is 1.20 bits per heavy atom. The molecule has 25 heavy (non-hydrogen) atoms. The molecule has 0 radical (unpaired) electrons. The molecule has 0 aliphatic rings. The van der Waals surface area contributed by atoms with E-state index in [0.717, 1.165) is 15.9 Å². The number of halogens is 1. The lowest BCUT2D eigenvalue weighted by Gasteiger charge is -2.12. The molecule has 0 saturated carbocycles. The molecule has 0 aliphatic carbocycles. The molecule has 0 atom stereocenters. The summed E-state index contributed by atoms with van der Waals surface area (Å²) >= 11 is 6.25. The summed E-state index contributed by atoms with van der Waals surface area (Å²) in [5, 5.41) is 0.156. The maximum atomic E-state index is 12.5. The summed E-state index contributed by atoms with van der Waals surface area (Å²) in [7, 11) is 3.00. The Labute approximate surface area is 149 Å². The Kier molecular flexibility index (Phi) is 4.43. The Morgan fingerprint density at radius 3 is 2.60 bits per heavy atom. The maximum absolute atomic E-state index is 12.5. The van der Waals surface area contributed by atoms with Crippen molar-refractivity contribution >= 4 is 22.8 Å². The highest BCUT2D eigenvalue weighted by atomic mass is 35.5. The molecule has 3 rings (SSSR count). The zero-order valence-electron chi connectivity index (χ0n) is 14.5. The van der Waals surface area contributed by atoms with Gasteiger partial charge in [0.05, 0.1) is 12.6 Å². The van der Waals surface area contributed by atoms with Gasteiger partial charge in [0.1, 0.15) is 5.75 Å². The van der Waals surface area contributed by atoms with Crippen LogP contribution in [0.3, 0.4) is 0 Å². The molecule has 2 aromatic heterocycles. The average molecular weight is 363 g/mol. The normalized spacial score (nSPS) is 11.4. The molecular formula is C17H19ClN4O3. The van der Waals surface area contributed by atoms with Crippen molar-refractivity contribution in [3.8, 4) is 5.75 Å². The second kappa shape index (κ2) is 6.40. The standard InChI is InChI=1S/C17H19ClN4O3/c1-10(2)25-12-7-5-6-11(8-12)9-22-13-14(19-16(22)18)20(3)17(24)21(4)15(13)23/h5-8,10H,9H2,1-4H3. The van der Waals surface area contributed by atoms with E-state index < -0.39 is 11.2 Å². The zero-order chi connectivity index (χ0) is 18.3. The highest BCUT2D eigenvalue weighted by molar-refractivity contribution is 6.29. The fraction of sp³-hybridized carbons (Fsp3) is 0.353. The smallest absolute Gasteiger partial charge is 0.332 e. The molecule has 0 unspecified atom stereocenters. The van der Waals surface area contributed by atoms with Crippen LogP contribution < -0.4 is 16.0 Å². The van der Waals surface area contributed by atoms with Gasteiger partial charge in [-0.2, -0.15) is 4.98 Å². The van der Waals surface area contributed by atoms with Crippen molar-refractivity contribution in [2.45, 2.75) is 26.5 Å². The SMILES string of the molecule is CC(C)Oc1cccc(Cn2c(Cl)nc3c2c(=O)n(C)c(=O)n3C)c1. The molecule has 0 bridgehead atoms. The van der Waals surface area contributed by atoms with Crippen molar-refractivity contribution in [1.82, 2.24) is 18.7 Å². The van der Waals surface area contributed by atoms with Crippen LogP contribution in [0.2, 0.25) is 5.28 Å². The van der Waals surface area contributed by atoms with Crippen LogP contribution in [-0.4, -0.2) is 24.8 Å². The van der Waals surface area contributed by atoms with Crippen molar-refractivity contribution < 1.29 is 4.74 Å². The second-order valence-electron chi connectivity index (χ2n) is 6.16. The lowest BCUT2D eigenvalue weighted by atomic mass is 10.2. The summed E-state index contributed by atoms with van der Waals surface area (Å²) in [6.45, 7) is 4.26. The third-order valence-electron chi connectivity index (χ3n) is 3.91. The maximum Gasteiger partial charge on any atom is 0.332 e. The number of benzene rings is 1. The van der Waals surface area contributed by atoms with Crippen LogP contribution in [0.25, 0.3) is 11.2 Å². The van der Waals surface area contributed by atoms with Gasteiger partial charge in [-0.1, -0.05) is 12.1 Å². The van der Waals surface area contributed by atoms with Crippen LogP contribution in [0, 0.1) is 0 Å². The number of ether oxygens (including phenoxy) is 1. The van der Waals surface area contributed by atoms with Gasteiger partial charge in [0.2, 0.25) is 5.28 Å². The molecule has 7 nitrogen and oxygen atoms in total. The van der Waals surface area contributed by atoms with Crippen molar-refractivity contribution in [2.24, 2.45) is 14.1 Å². The van der Waals surface area contributed by atoms with E-state index >= 15 is 0 Å². The van der Waals surface area contributed by atoms with E-state index in [4.69, 9.17) is 16.3 Å². The van der Waals surface area contributed by atoms with Crippen molar-refractivity contribution in [2.75, 3.05) is 0 Å². The van der Waals surface area contributed by atoms with Gasteiger partial charge in [0, 0.05) is 14.1 Å². The van der Waals surface area contributed by atoms with Crippen LogP contribution in [-0.2, 0) is 20.6 Å². The van der Waals surface area contributed by atoms with E-state index in [0.29, 0.717) is 12.1 Å². The summed E-state index contributed by atoms with van der Waals surface area (Å²) in [5.74, 6) is 0.744. The minimum atomic E-state index is -0.439. The van der Waals surface area contributed by atoms with Crippen LogP contribution in [0.15, 0.2) is 33.9 Å². The first-order valence-corrected chi connectivity index (χ1v) is 8.24. The molecule has 0 aliphatic heterocycles.